The van der Waals surface area contributed by atoms with Gasteiger partial charge in [0.1, 0.15) is 11.7 Å². The zero-order chi connectivity index (χ0) is 19.8. The summed E-state index contributed by atoms with van der Waals surface area (Å²) < 4.78 is 5.69. The number of hydrogen-bond donors (Lipinski definition) is 1. The van der Waals surface area contributed by atoms with E-state index in [4.69, 9.17) is 4.74 Å². The fraction of sp³-hybridized carbons (Fsp3) is 0.435. The molecule has 1 saturated carbocycles. The lowest BCUT2D eigenvalue weighted by Gasteiger charge is -2.33. The molecule has 2 aliphatic carbocycles. The highest BCUT2D eigenvalue weighted by molar-refractivity contribution is 7.14. The van der Waals surface area contributed by atoms with Gasteiger partial charge in [0.15, 0.2) is 10.9 Å². The summed E-state index contributed by atoms with van der Waals surface area (Å²) in [6, 6.07) is 6.53. The third-order valence-electron chi connectivity index (χ3n) is 6.28. The molecule has 2 aromatic rings. The molecule has 1 aromatic carbocycles. The van der Waals surface area contributed by atoms with Gasteiger partial charge in [0.05, 0.1) is 17.9 Å². The summed E-state index contributed by atoms with van der Waals surface area (Å²) in [6.45, 7) is 0. The number of amides is 1. The number of aromatic nitrogens is 1. The molecule has 5 nitrogen and oxygen atoms in total. The number of benzene rings is 1. The number of thiazole rings is 1. The molecule has 2 unspecified atom stereocenters. The van der Waals surface area contributed by atoms with Crippen LogP contribution in [-0.4, -0.2) is 22.8 Å². The Bertz CT molecular complexity index is 994. The summed E-state index contributed by atoms with van der Waals surface area (Å²) in [5, 5.41) is 5.24. The van der Waals surface area contributed by atoms with Gasteiger partial charge in [-0.05, 0) is 62.1 Å². The first-order chi connectivity index (χ1) is 14.2. The minimum atomic E-state index is -0.426. The molecule has 1 aromatic heterocycles. The molecular formula is C23H24N2O3S. The first kappa shape index (κ1) is 18.6. The number of ether oxygens (including phenoxy) is 1. The second kappa shape index (κ2) is 7.75. The maximum absolute atomic E-state index is 12.7. The molecule has 1 N–H and O–H groups in total. The molecule has 1 aliphatic heterocycles. The Balaban J connectivity index is 1.31. The van der Waals surface area contributed by atoms with Crippen LogP contribution in [0.5, 0.6) is 0 Å². The average molecular weight is 409 g/mol. The standard InChI is InChI=1S/C23H24N2O3S/c26-21-17-7-3-4-8-20(17)28-12-18(21)22(27)25-23-24-19(13-29-23)16-10-9-14-5-1-2-6-15(14)11-16/h9-13,17,20H,1-8H2,(H,24,25,27). The third-order valence-corrected chi connectivity index (χ3v) is 7.04. The van der Waals surface area contributed by atoms with Crippen molar-refractivity contribution < 1.29 is 14.3 Å². The van der Waals surface area contributed by atoms with Crippen LogP contribution in [0.1, 0.15) is 49.7 Å². The Morgan fingerprint density at radius 2 is 1.93 bits per heavy atom. The number of nitrogens with one attached hydrogen (secondary N) is 1. The third kappa shape index (κ3) is 3.62. The first-order valence-electron chi connectivity index (χ1n) is 10.5. The second-order valence-corrected chi connectivity index (χ2v) is 9.00. The summed E-state index contributed by atoms with van der Waals surface area (Å²) in [5.41, 5.74) is 4.88. The highest BCUT2D eigenvalue weighted by atomic mass is 32.1. The number of anilines is 1. The predicted octanol–water partition coefficient (Wildman–Crippen LogP) is 4.67. The van der Waals surface area contributed by atoms with Crippen LogP contribution < -0.4 is 5.32 Å². The van der Waals surface area contributed by atoms with Crippen LogP contribution in [0.4, 0.5) is 5.13 Å². The molecule has 0 bridgehead atoms. The Kier molecular flexibility index (Phi) is 4.96. The van der Waals surface area contributed by atoms with E-state index in [-0.39, 0.29) is 23.4 Å². The molecule has 0 saturated heterocycles. The Labute approximate surface area is 174 Å². The van der Waals surface area contributed by atoms with Gasteiger partial charge in [-0.15, -0.1) is 11.3 Å². The van der Waals surface area contributed by atoms with Crippen LogP contribution in [0.25, 0.3) is 11.3 Å². The van der Waals surface area contributed by atoms with Gasteiger partial charge < -0.3 is 4.74 Å². The first-order valence-corrected chi connectivity index (χ1v) is 11.4. The topological polar surface area (TPSA) is 68.3 Å². The minimum Gasteiger partial charge on any atom is -0.496 e. The molecule has 2 atom stereocenters. The minimum absolute atomic E-state index is 0.0664. The molecule has 2 heterocycles. The summed E-state index contributed by atoms with van der Waals surface area (Å²) in [6.07, 6.45) is 9.84. The molecule has 150 valence electrons. The molecule has 0 radical (unpaired) electrons. The monoisotopic (exact) mass is 408 g/mol. The lowest BCUT2D eigenvalue weighted by Crippen LogP contribution is -2.39. The number of carbonyl (C=O) groups excluding carboxylic acids is 2. The number of ketones is 1. The number of rotatable bonds is 3. The summed E-state index contributed by atoms with van der Waals surface area (Å²) in [7, 11) is 0. The van der Waals surface area contributed by atoms with Crippen molar-refractivity contribution in [3.63, 3.8) is 0 Å². The molecule has 0 spiro atoms. The van der Waals surface area contributed by atoms with E-state index in [0.717, 1.165) is 49.8 Å². The summed E-state index contributed by atoms with van der Waals surface area (Å²) in [5.74, 6) is -0.702. The Morgan fingerprint density at radius 3 is 2.83 bits per heavy atom. The molecule has 29 heavy (non-hydrogen) atoms. The number of hydrogen-bond acceptors (Lipinski definition) is 5. The van der Waals surface area contributed by atoms with Crippen molar-refractivity contribution in [1.82, 2.24) is 4.98 Å². The molecular weight excluding hydrogens is 384 g/mol. The second-order valence-electron chi connectivity index (χ2n) is 8.14. The van der Waals surface area contributed by atoms with Crippen LogP contribution in [0.15, 0.2) is 35.4 Å². The van der Waals surface area contributed by atoms with Crippen LogP contribution in [0, 0.1) is 5.92 Å². The van der Waals surface area contributed by atoms with Gasteiger partial charge in [-0.25, -0.2) is 4.98 Å². The van der Waals surface area contributed by atoms with Crippen LogP contribution in [0.3, 0.4) is 0 Å². The Morgan fingerprint density at radius 1 is 1.10 bits per heavy atom. The molecule has 3 aliphatic rings. The van der Waals surface area contributed by atoms with Crippen LogP contribution in [-0.2, 0) is 27.2 Å². The van der Waals surface area contributed by atoms with E-state index >= 15 is 0 Å². The number of nitrogens with zero attached hydrogens (tertiary/aromatic N) is 1. The lowest BCUT2D eigenvalue weighted by atomic mass is 9.80. The Hall–Kier alpha value is -2.47. The SMILES string of the molecule is O=C(Nc1nc(-c2ccc3c(c2)CCCC3)cs1)C1=COC2CCCCC2C1=O. The van der Waals surface area contributed by atoms with E-state index in [1.807, 2.05) is 5.38 Å². The molecule has 5 rings (SSSR count). The smallest absolute Gasteiger partial charge is 0.264 e. The molecule has 6 heteroatoms. The van der Waals surface area contributed by atoms with Gasteiger partial charge >= 0.3 is 0 Å². The van der Waals surface area contributed by atoms with E-state index in [0.29, 0.717) is 5.13 Å². The largest absolute Gasteiger partial charge is 0.496 e. The quantitative estimate of drug-likeness (QED) is 0.750. The van der Waals surface area contributed by atoms with Crippen molar-refractivity contribution in [3.8, 4) is 11.3 Å². The normalized spacial score (nSPS) is 23.4. The number of carbonyl (C=O) groups is 2. The fourth-order valence-electron chi connectivity index (χ4n) is 4.66. The number of fused-ring (bicyclic) bond motifs is 2. The highest BCUT2D eigenvalue weighted by Crippen LogP contribution is 2.34. The lowest BCUT2D eigenvalue weighted by molar-refractivity contribution is -0.129. The van der Waals surface area contributed by atoms with E-state index in [1.165, 1.54) is 41.6 Å². The summed E-state index contributed by atoms with van der Waals surface area (Å²) >= 11 is 1.38. The summed E-state index contributed by atoms with van der Waals surface area (Å²) in [4.78, 5) is 30.0. The maximum atomic E-state index is 12.7. The van der Waals surface area contributed by atoms with Gasteiger partial charge in [-0.2, -0.15) is 0 Å². The van der Waals surface area contributed by atoms with Crippen LogP contribution >= 0.6 is 11.3 Å². The number of aryl methyl sites for hydroxylation is 2. The van der Waals surface area contributed by atoms with E-state index in [2.05, 4.69) is 28.5 Å². The van der Waals surface area contributed by atoms with Gasteiger partial charge in [0.2, 0.25) is 0 Å². The zero-order valence-corrected chi connectivity index (χ0v) is 17.1. The highest BCUT2D eigenvalue weighted by Gasteiger charge is 2.39. The van der Waals surface area contributed by atoms with E-state index in [9.17, 15) is 9.59 Å². The van der Waals surface area contributed by atoms with Crippen molar-refractivity contribution in [2.75, 3.05) is 5.32 Å². The van der Waals surface area contributed by atoms with Crippen molar-refractivity contribution >= 4 is 28.2 Å². The van der Waals surface area contributed by atoms with Gasteiger partial charge in [-0.1, -0.05) is 18.6 Å². The zero-order valence-electron chi connectivity index (χ0n) is 16.3. The predicted molar refractivity (Wildman–Crippen MR) is 113 cm³/mol. The van der Waals surface area contributed by atoms with E-state index in [1.54, 1.807) is 0 Å². The van der Waals surface area contributed by atoms with Crippen molar-refractivity contribution in [3.05, 3.63) is 46.5 Å². The molecule has 1 fully saturated rings. The van der Waals surface area contributed by atoms with Gasteiger partial charge in [0, 0.05) is 10.9 Å². The van der Waals surface area contributed by atoms with E-state index < -0.39 is 5.91 Å². The average Bonchev–Trinajstić information content (AvgIpc) is 3.22. The maximum Gasteiger partial charge on any atom is 0.264 e. The molecule has 1 amide bonds. The van der Waals surface area contributed by atoms with Crippen molar-refractivity contribution in [2.24, 2.45) is 5.92 Å². The van der Waals surface area contributed by atoms with Crippen molar-refractivity contribution in [1.29, 1.82) is 0 Å². The van der Waals surface area contributed by atoms with Crippen LogP contribution in [0.2, 0.25) is 0 Å². The van der Waals surface area contributed by atoms with Gasteiger partial charge in [-0.3, -0.25) is 14.9 Å². The number of Topliss-reactive ketones (excluding diaryl/α,β-unsaturated/α-hetero) is 1. The van der Waals surface area contributed by atoms with Gasteiger partial charge in [0.25, 0.3) is 5.91 Å². The fourth-order valence-corrected chi connectivity index (χ4v) is 5.37. The van der Waals surface area contributed by atoms with Crippen molar-refractivity contribution in [2.45, 2.75) is 57.5 Å².